The third-order valence-electron chi connectivity index (χ3n) is 2.71. The van der Waals surface area contributed by atoms with E-state index in [-0.39, 0.29) is 44.1 Å². The molecule has 7 heteroatoms. The number of carboxylic acid groups (broad SMARTS) is 1. The second kappa shape index (κ2) is 8.11. The SMILES string of the molecule is COCCN(CC(=O)O)C(=O)CCn1ccccc1=O. The van der Waals surface area contributed by atoms with Crippen molar-refractivity contribution in [2.75, 3.05) is 26.8 Å². The molecule has 1 heterocycles. The van der Waals surface area contributed by atoms with Gasteiger partial charge in [-0.25, -0.2) is 0 Å². The van der Waals surface area contributed by atoms with Crippen molar-refractivity contribution in [2.45, 2.75) is 13.0 Å². The molecule has 0 aromatic carbocycles. The average Bonchev–Trinajstić information content (AvgIpc) is 2.41. The Hall–Kier alpha value is -2.15. The van der Waals surface area contributed by atoms with E-state index in [9.17, 15) is 14.4 Å². The fraction of sp³-hybridized carbons (Fsp3) is 0.462. The normalized spacial score (nSPS) is 10.2. The molecule has 0 unspecified atom stereocenters. The fourth-order valence-electron chi connectivity index (χ4n) is 1.68. The van der Waals surface area contributed by atoms with Gasteiger partial charge in [-0.05, 0) is 6.07 Å². The Morgan fingerprint density at radius 3 is 2.75 bits per heavy atom. The summed E-state index contributed by atoms with van der Waals surface area (Å²) in [7, 11) is 1.48. The lowest BCUT2D eigenvalue weighted by atomic mass is 10.3. The molecule has 1 amide bonds. The first-order valence-corrected chi connectivity index (χ1v) is 6.18. The van der Waals surface area contributed by atoms with Crippen molar-refractivity contribution in [3.05, 3.63) is 34.7 Å². The number of carboxylic acids is 1. The minimum Gasteiger partial charge on any atom is -0.480 e. The molecule has 20 heavy (non-hydrogen) atoms. The number of amides is 1. The molecule has 7 nitrogen and oxygen atoms in total. The van der Waals surface area contributed by atoms with Gasteiger partial charge in [0.2, 0.25) is 5.91 Å². The van der Waals surface area contributed by atoms with Gasteiger partial charge in [-0.3, -0.25) is 14.4 Å². The number of aryl methyl sites for hydroxylation is 1. The van der Waals surface area contributed by atoms with Crippen LogP contribution < -0.4 is 5.56 Å². The molecule has 0 aliphatic carbocycles. The fourth-order valence-corrected chi connectivity index (χ4v) is 1.68. The van der Waals surface area contributed by atoms with Crippen LogP contribution in [0.2, 0.25) is 0 Å². The molecular weight excluding hydrogens is 264 g/mol. The molecule has 1 rings (SSSR count). The Labute approximate surface area is 116 Å². The van der Waals surface area contributed by atoms with Gasteiger partial charge in [-0.2, -0.15) is 0 Å². The highest BCUT2D eigenvalue weighted by Gasteiger charge is 2.16. The Morgan fingerprint density at radius 2 is 2.15 bits per heavy atom. The van der Waals surface area contributed by atoms with Gasteiger partial charge in [0.15, 0.2) is 0 Å². The van der Waals surface area contributed by atoms with Crippen molar-refractivity contribution in [2.24, 2.45) is 0 Å². The van der Waals surface area contributed by atoms with E-state index in [1.54, 1.807) is 18.3 Å². The second-order valence-corrected chi connectivity index (χ2v) is 4.18. The van der Waals surface area contributed by atoms with Crippen LogP contribution in [0.4, 0.5) is 0 Å². The number of carbonyl (C=O) groups excluding carboxylic acids is 1. The summed E-state index contributed by atoms with van der Waals surface area (Å²) in [6.07, 6.45) is 1.66. The van der Waals surface area contributed by atoms with Crippen LogP contribution in [0.15, 0.2) is 29.2 Å². The van der Waals surface area contributed by atoms with Gasteiger partial charge in [0.1, 0.15) is 6.54 Å². The van der Waals surface area contributed by atoms with Crippen molar-refractivity contribution in [3.8, 4) is 0 Å². The molecule has 1 aromatic rings. The van der Waals surface area contributed by atoms with Crippen LogP contribution in [0, 0.1) is 0 Å². The molecule has 0 saturated heterocycles. The summed E-state index contributed by atoms with van der Waals surface area (Å²) in [5.74, 6) is -1.40. The van der Waals surface area contributed by atoms with Crippen LogP contribution in [-0.2, 0) is 20.9 Å². The summed E-state index contributed by atoms with van der Waals surface area (Å²) >= 11 is 0. The molecule has 0 atom stereocenters. The van der Waals surface area contributed by atoms with Gasteiger partial charge in [-0.1, -0.05) is 6.07 Å². The molecule has 0 aliphatic heterocycles. The lowest BCUT2D eigenvalue weighted by Gasteiger charge is -2.20. The first kappa shape index (κ1) is 15.9. The minimum absolute atomic E-state index is 0.0704. The summed E-state index contributed by atoms with van der Waals surface area (Å²) in [4.78, 5) is 35.4. The largest absolute Gasteiger partial charge is 0.480 e. The first-order chi connectivity index (χ1) is 9.54. The van der Waals surface area contributed by atoms with E-state index in [1.165, 1.54) is 22.6 Å². The lowest BCUT2D eigenvalue weighted by Crippen LogP contribution is -2.38. The number of carbonyl (C=O) groups is 2. The maximum atomic E-state index is 12.0. The molecule has 0 bridgehead atoms. The number of nitrogens with zero attached hydrogens (tertiary/aromatic N) is 2. The second-order valence-electron chi connectivity index (χ2n) is 4.18. The predicted octanol–water partition coefficient (Wildman–Crippen LogP) is -0.202. The molecule has 0 radical (unpaired) electrons. The van der Waals surface area contributed by atoms with Crippen molar-refractivity contribution < 1.29 is 19.4 Å². The molecule has 1 N–H and O–H groups in total. The van der Waals surface area contributed by atoms with Crippen molar-refractivity contribution >= 4 is 11.9 Å². The van der Waals surface area contributed by atoms with E-state index < -0.39 is 5.97 Å². The average molecular weight is 282 g/mol. The molecule has 110 valence electrons. The van der Waals surface area contributed by atoms with Crippen molar-refractivity contribution in [3.63, 3.8) is 0 Å². The first-order valence-electron chi connectivity index (χ1n) is 6.18. The van der Waals surface area contributed by atoms with Crippen LogP contribution in [0.25, 0.3) is 0 Å². The molecule has 0 saturated carbocycles. The van der Waals surface area contributed by atoms with Gasteiger partial charge in [0.25, 0.3) is 5.56 Å². The Morgan fingerprint density at radius 1 is 1.40 bits per heavy atom. The van der Waals surface area contributed by atoms with Crippen LogP contribution in [0.1, 0.15) is 6.42 Å². The highest BCUT2D eigenvalue weighted by Crippen LogP contribution is 1.97. The van der Waals surface area contributed by atoms with Crippen LogP contribution in [-0.4, -0.2) is 53.3 Å². The summed E-state index contributed by atoms with van der Waals surface area (Å²) in [5.41, 5.74) is -0.193. The lowest BCUT2D eigenvalue weighted by molar-refractivity contribution is -0.145. The standard InChI is InChI=1S/C13H18N2O5/c1-20-9-8-15(10-13(18)19)12(17)5-7-14-6-3-2-4-11(14)16/h2-4,6H,5,7-10H2,1H3,(H,18,19). The van der Waals surface area contributed by atoms with Gasteiger partial charge in [-0.15, -0.1) is 0 Å². The summed E-state index contributed by atoms with van der Waals surface area (Å²) in [6.45, 7) is 0.336. The zero-order chi connectivity index (χ0) is 15.0. The smallest absolute Gasteiger partial charge is 0.323 e. The van der Waals surface area contributed by atoms with Gasteiger partial charge in [0, 0.05) is 38.9 Å². The van der Waals surface area contributed by atoms with Crippen molar-refractivity contribution in [1.29, 1.82) is 0 Å². The number of hydrogen-bond donors (Lipinski definition) is 1. The third-order valence-corrected chi connectivity index (χ3v) is 2.71. The maximum absolute atomic E-state index is 12.0. The van der Waals surface area contributed by atoms with E-state index in [0.717, 1.165) is 0 Å². The van der Waals surface area contributed by atoms with Gasteiger partial charge >= 0.3 is 5.97 Å². The Kier molecular flexibility index (Phi) is 6.45. The summed E-state index contributed by atoms with van der Waals surface area (Å²) in [5, 5.41) is 8.77. The summed E-state index contributed by atoms with van der Waals surface area (Å²) < 4.78 is 6.25. The number of aliphatic carboxylic acids is 1. The Balaban J connectivity index is 2.59. The summed E-state index contributed by atoms with van der Waals surface area (Å²) in [6, 6.07) is 4.73. The Bertz CT molecular complexity index is 511. The molecule has 0 spiro atoms. The van der Waals surface area contributed by atoms with E-state index >= 15 is 0 Å². The zero-order valence-corrected chi connectivity index (χ0v) is 11.3. The number of methoxy groups -OCH3 is 1. The van der Waals surface area contributed by atoms with Crippen LogP contribution in [0.3, 0.4) is 0 Å². The van der Waals surface area contributed by atoms with Crippen LogP contribution in [0.5, 0.6) is 0 Å². The topological polar surface area (TPSA) is 88.8 Å². The van der Waals surface area contributed by atoms with Gasteiger partial charge < -0.3 is 19.3 Å². The zero-order valence-electron chi connectivity index (χ0n) is 11.3. The number of ether oxygens (including phenoxy) is 1. The molecule has 0 fully saturated rings. The highest BCUT2D eigenvalue weighted by molar-refractivity contribution is 5.81. The highest BCUT2D eigenvalue weighted by atomic mass is 16.5. The van der Waals surface area contributed by atoms with E-state index in [4.69, 9.17) is 9.84 Å². The quantitative estimate of drug-likeness (QED) is 0.713. The molecular formula is C13H18N2O5. The number of rotatable bonds is 8. The van der Waals surface area contributed by atoms with E-state index in [1.807, 2.05) is 0 Å². The molecule has 0 aliphatic rings. The monoisotopic (exact) mass is 282 g/mol. The molecule has 1 aromatic heterocycles. The minimum atomic E-state index is -1.08. The number of pyridine rings is 1. The van der Waals surface area contributed by atoms with E-state index in [2.05, 4.69) is 0 Å². The van der Waals surface area contributed by atoms with E-state index in [0.29, 0.717) is 0 Å². The van der Waals surface area contributed by atoms with Crippen LogP contribution >= 0.6 is 0 Å². The number of aromatic nitrogens is 1. The predicted molar refractivity (Wildman–Crippen MR) is 71.4 cm³/mol. The van der Waals surface area contributed by atoms with Gasteiger partial charge in [0.05, 0.1) is 6.61 Å². The maximum Gasteiger partial charge on any atom is 0.323 e. The third kappa shape index (κ3) is 5.23. The van der Waals surface area contributed by atoms with Crippen molar-refractivity contribution in [1.82, 2.24) is 9.47 Å². The number of hydrogen-bond acceptors (Lipinski definition) is 4.